The quantitative estimate of drug-likeness (QED) is 0.819. The zero-order chi connectivity index (χ0) is 13.2. The van der Waals surface area contributed by atoms with Crippen LogP contribution in [0.3, 0.4) is 0 Å². The molecule has 1 atom stereocenters. The van der Waals surface area contributed by atoms with E-state index in [2.05, 4.69) is 36.2 Å². The molecule has 0 bridgehead atoms. The topological polar surface area (TPSA) is 24.8 Å². The van der Waals surface area contributed by atoms with Crippen LogP contribution in [0.5, 0.6) is 0 Å². The number of aliphatic imine (C=N–C) groups is 1. The van der Waals surface area contributed by atoms with E-state index in [0.717, 1.165) is 11.1 Å². The molecule has 0 spiro atoms. The third-order valence-corrected chi connectivity index (χ3v) is 3.21. The molecule has 96 valence electrons. The number of rotatable bonds is 2. The molecule has 2 aromatic rings. The van der Waals surface area contributed by atoms with Gasteiger partial charge in [0.25, 0.3) is 0 Å². The third-order valence-electron chi connectivity index (χ3n) is 3.21. The molecule has 0 radical (unpaired) electrons. The van der Waals surface area contributed by atoms with E-state index < -0.39 is 0 Å². The molecule has 0 aromatic heterocycles. The van der Waals surface area contributed by atoms with E-state index in [1.165, 1.54) is 5.56 Å². The zero-order valence-corrected chi connectivity index (χ0v) is 11.1. The van der Waals surface area contributed by atoms with E-state index in [-0.39, 0.29) is 6.17 Å². The van der Waals surface area contributed by atoms with Crippen LogP contribution in [0.2, 0.25) is 0 Å². The number of hydroxylamine groups is 2. The Morgan fingerprint density at radius 2 is 1.68 bits per heavy atom. The Hall–Kier alpha value is -2.13. The van der Waals surface area contributed by atoms with Gasteiger partial charge in [0.1, 0.15) is 0 Å². The van der Waals surface area contributed by atoms with Gasteiger partial charge in [0.05, 0.1) is 0 Å². The summed E-state index contributed by atoms with van der Waals surface area (Å²) in [6, 6.07) is 18.3. The highest BCUT2D eigenvalue weighted by Gasteiger charge is 2.27. The lowest BCUT2D eigenvalue weighted by atomic mass is 10.1. The molecule has 19 heavy (non-hydrogen) atoms. The molecule has 3 nitrogen and oxygen atoms in total. The summed E-state index contributed by atoms with van der Waals surface area (Å²) >= 11 is 0. The summed E-state index contributed by atoms with van der Waals surface area (Å²) in [7, 11) is 1.91. The van der Waals surface area contributed by atoms with Gasteiger partial charge in [-0.25, -0.2) is 4.99 Å². The molecular formula is C16H16N2O. The molecule has 1 unspecified atom stereocenters. The van der Waals surface area contributed by atoms with Crippen LogP contribution in [0.4, 0.5) is 0 Å². The van der Waals surface area contributed by atoms with Gasteiger partial charge in [0.2, 0.25) is 5.90 Å². The van der Waals surface area contributed by atoms with Crippen LogP contribution in [0.1, 0.15) is 22.9 Å². The Morgan fingerprint density at radius 3 is 2.37 bits per heavy atom. The summed E-state index contributed by atoms with van der Waals surface area (Å²) in [5.74, 6) is 0.675. The van der Waals surface area contributed by atoms with E-state index >= 15 is 0 Å². The first kappa shape index (κ1) is 11.9. The van der Waals surface area contributed by atoms with E-state index in [0.29, 0.717) is 5.90 Å². The Morgan fingerprint density at radius 1 is 1.00 bits per heavy atom. The second-order valence-corrected chi connectivity index (χ2v) is 4.72. The maximum absolute atomic E-state index is 5.73. The van der Waals surface area contributed by atoms with Crippen molar-refractivity contribution in [1.29, 1.82) is 0 Å². The fourth-order valence-electron chi connectivity index (χ4n) is 2.13. The minimum Gasteiger partial charge on any atom is -0.383 e. The van der Waals surface area contributed by atoms with Crippen LogP contribution in [0, 0.1) is 6.92 Å². The lowest BCUT2D eigenvalue weighted by Crippen LogP contribution is -2.18. The minimum absolute atomic E-state index is 0.0733. The number of hydrogen-bond acceptors (Lipinski definition) is 3. The van der Waals surface area contributed by atoms with Gasteiger partial charge in [0, 0.05) is 12.6 Å². The predicted octanol–water partition coefficient (Wildman–Crippen LogP) is 3.32. The molecular weight excluding hydrogens is 236 g/mol. The van der Waals surface area contributed by atoms with Gasteiger partial charge in [-0.15, -0.1) is 5.06 Å². The van der Waals surface area contributed by atoms with E-state index in [1.54, 1.807) is 5.06 Å². The van der Waals surface area contributed by atoms with Crippen molar-refractivity contribution >= 4 is 5.90 Å². The summed E-state index contributed by atoms with van der Waals surface area (Å²) in [4.78, 5) is 10.4. The summed E-state index contributed by atoms with van der Waals surface area (Å²) < 4.78 is 0. The van der Waals surface area contributed by atoms with Crippen LogP contribution < -0.4 is 0 Å². The van der Waals surface area contributed by atoms with Crippen molar-refractivity contribution in [2.24, 2.45) is 4.99 Å². The second kappa shape index (κ2) is 4.86. The Balaban J connectivity index is 1.91. The molecule has 3 heteroatoms. The Kier molecular flexibility index (Phi) is 3.05. The normalized spacial score (nSPS) is 19.1. The molecule has 0 fully saturated rings. The van der Waals surface area contributed by atoms with Gasteiger partial charge >= 0.3 is 0 Å². The standard InChI is InChI=1S/C16H16N2O/c1-12-8-10-13(11-9-12)15-17-16(19-18(15)2)14-6-4-3-5-7-14/h3-11,15H,1-2H3. The van der Waals surface area contributed by atoms with Gasteiger partial charge in [-0.05, 0) is 24.6 Å². The SMILES string of the molecule is Cc1ccc(C2N=C(c3ccccc3)ON2C)cc1. The summed E-state index contributed by atoms with van der Waals surface area (Å²) in [6.45, 7) is 2.08. The number of nitrogens with zero attached hydrogens (tertiary/aromatic N) is 2. The van der Waals surface area contributed by atoms with Gasteiger partial charge in [-0.2, -0.15) is 0 Å². The molecule has 0 aliphatic carbocycles. The fraction of sp³-hybridized carbons (Fsp3) is 0.188. The van der Waals surface area contributed by atoms with Crippen molar-refractivity contribution in [3.63, 3.8) is 0 Å². The first-order chi connectivity index (χ1) is 9.24. The van der Waals surface area contributed by atoms with Crippen LogP contribution in [0.15, 0.2) is 59.6 Å². The highest BCUT2D eigenvalue weighted by molar-refractivity contribution is 5.94. The Labute approximate surface area is 113 Å². The van der Waals surface area contributed by atoms with Crippen LogP contribution in [0.25, 0.3) is 0 Å². The van der Waals surface area contributed by atoms with Crippen molar-refractivity contribution in [3.8, 4) is 0 Å². The first-order valence-corrected chi connectivity index (χ1v) is 6.34. The molecule has 0 amide bonds. The van der Waals surface area contributed by atoms with Gasteiger partial charge < -0.3 is 4.84 Å². The second-order valence-electron chi connectivity index (χ2n) is 4.72. The van der Waals surface area contributed by atoms with Gasteiger partial charge in [-0.1, -0.05) is 48.0 Å². The summed E-state index contributed by atoms with van der Waals surface area (Å²) in [6.07, 6.45) is -0.0733. The van der Waals surface area contributed by atoms with Crippen LogP contribution in [-0.2, 0) is 4.84 Å². The van der Waals surface area contributed by atoms with E-state index in [1.807, 2.05) is 37.4 Å². The lowest BCUT2D eigenvalue weighted by Gasteiger charge is -2.16. The number of benzene rings is 2. The van der Waals surface area contributed by atoms with E-state index in [4.69, 9.17) is 4.84 Å². The first-order valence-electron chi connectivity index (χ1n) is 6.34. The van der Waals surface area contributed by atoms with Crippen molar-refractivity contribution in [3.05, 3.63) is 71.3 Å². The number of aryl methyl sites for hydroxylation is 1. The predicted molar refractivity (Wildman–Crippen MR) is 75.7 cm³/mol. The van der Waals surface area contributed by atoms with E-state index in [9.17, 15) is 0 Å². The monoisotopic (exact) mass is 252 g/mol. The molecule has 1 heterocycles. The van der Waals surface area contributed by atoms with Crippen molar-refractivity contribution < 1.29 is 4.84 Å². The van der Waals surface area contributed by atoms with Gasteiger partial charge in [-0.3, -0.25) is 0 Å². The van der Waals surface area contributed by atoms with Crippen LogP contribution in [-0.4, -0.2) is 18.0 Å². The fourth-order valence-corrected chi connectivity index (χ4v) is 2.13. The molecule has 0 saturated carbocycles. The summed E-state index contributed by atoms with van der Waals surface area (Å²) in [5.41, 5.74) is 3.39. The average molecular weight is 252 g/mol. The number of hydrogen-bond donors (Lipinski definition) is 0. The molecule has 0 N–H and O–H groups in total. The molecule has 3 rings (SSSR count). The third kappa shape index (κ3) is 2.37. The van der Waals surface area contributed by atoms with Gasteiger partial charge in [0.15, 0.2) is 6.17 Å². The molecule has 1 aliphatic heterocycles. The molecule has 2 aromatic carbocycles. The van der Waals surface area contributed by atoms with Crippen molar-refractivity contribution in [1.82, 2.24) is 5.06 Å². The average Bonchev–Trinajstić information content (AvgIpc) is 2.83. The van der Waals surface area contributed by atoms with Crippen LogP contribution >= 0.6 is 0 Å². The van der Waals surface area contributed by atoms with Crippen molar-refractivity contribution in [2.75, 3.05) is 7.05 Å². The Bertz CT molecular complexity index is 590. The maximum Gasteiger partial charge on any atom is 0.242 e. The smallest absolute Gasteiger partial charge is 0.242 e. The molecule has 0 saturated heterocycles. The zero-order valence-electron chi connectivity index (χ0n) is 11.1. The highest BCUT2D eigenvalue weighted by Crippen LogP contribution is 2.28. The lowest BCUT2D eigenvalue weighted by molar-refractivity contribution is -0.0571. The van der Waals surface area contributed by atoms with Crippen molar-refractivity contribution in [2.45, 2.75) is 13.1 Å². The maximum atomic E-state index is 5.73. The molecule has 1 aliphatic rings. The summed E-state index contributed by atoms with van der Waals surface area (Å²) in [5, 5.41) is 1.78. The highest BCUT2D eigenvalue weighted by atomic mass is 16.7. The minimum atomic E-state index is -0.0733. The largest absolute Gasteiger partial charge is 0.383 e.